The Morgan fingerprint density at radius 3 is 2.62 bits per heavy atom. The molecule has 0 unspecified atom stereocenters. The van der Waals surface area contributed by atoms with Gasteiger partial charge in [0.2, 0.25) is 5.91 Å². The van der Waals surface area contributed by atoms with Gasteiger partial charge in [-0.1, -0.05) is 6.07 Å². The fourth-order valence-electron chi connectivity index (χ4n) is 2.60. The molecule has 0 bridgehead atoms. The van der Waals surface area contributed by atoms with Crippen molar-refractivity contribution < 1.29 is 29.7 Å². The summed E-state index contributed by atoms with van der Waals surface area (Å²) >= 11 is 1.19. The van der Waals surface area contributed by atoms with Crippen LogP contribution >= 0.6 is 11.3 Å². The molecule has 3 amide bonds. The van der Waals surface area contributed by atoms with Gasteiger partial charge in [0.05, 0.1) is 23.6 Å². The standard InChI is InChI=1S/C14H19N3O6S/c15-10(19)6-16-13(22)14(23)4-7(11(20)8(18)5-14)17-12(21)9-2-1-3-24-9/h1-3,7-8,11,18,20,23H,4-6H2,(H2,15,19)(H,16,22)(H,17,21)/t7-,8-,11-,14+/m1/s1. The van der Waals surface area contributed by atoms with Crippen molar-refractivity contribution in [3.63, 3.8) is 0 Å². The van der Waals surface area contributed by atoms with E-state index in [2.05, 4.69) is 10.6 Å². The number of hydrogen-bond donors (Lipinski definition) is 6. The van der Waals surface area contributed by atoms with Gasteiger partial charge < -0.3 is 31.7 Å². The molecule has 1 saturated carbocycles. The Labute approximate surface area is 141 Å². The third kappa shape index (κ3) is 4.09. The lowest BCUT2D eigenvalue weighted by Gasteiger charge is -2.41. The van der Waals surface area contributed by atoms with Crippen LogP contribution in [0.25, 0.3) is 0 Å². The Kier molecular flexibility index (Phi) is 5.54. The molecule has 1 aromatic heterocycles. The van der Waals surface area contributed by atoms with E-state index in [1.807, 2.05) is 0 Å². The SMILES string of the molecule is NC(=O)CNC(=O)[C@@]1(O)C[C@@H](O)[C@H](O)[C@H](NC(=O)c2cccs2)C1. The van der Waals surface area contributed by atoms with Crippen LogP contribution in [0.15, 0.2) is 17.5 Å². The minimum absolute atomic E-state index is 0.313. The number of primary amides is 1. The number of hydrogen-bond acceptors (Lipinski definition) is 7. The number of carbonyl (C=O) groups is 3. The molecular weight excluding hydrogens is 338 g/mol. The first-order valence-electron chi connectivity index (χ1n) is 7.22. The summed E-state index contributed by atoms with van der Waals surface area (Å²) in [6, 6.07) is 2.23. The predicted molar refractivity (Wildman–Crippen MR) is 84.0 cm³/mol. The van der Waals surface area contributed by atoms with Crippen LogP contribution in [0.3, 0.4) is 0 Å². The summed E-state index contributed by atoms with van der Waals surface area (Å²) < 4.78 is 0. The van der Waals surface area contributed by atoms with Gasteiger partial charge in [0.1, 0.15) is 11.7 Å². The zero-order valence-corrected chi connectivity index (χ0v) is 13.5. The molecule has 2 rings (SSSR count). The molecule has 7 N–H and O–H groups in total. The normalized spacial score (nSPS) is 29.7. The molecule has 1 heterocycles. The number of nitrogens with one attached hydrogen (secondary N) is 2. The summed E-state index contributed by atoms with van der Waals surface area (Å²) in [6.07, 6.45) is -3.49. The van der Waals surface area contributed by atoms with E-state index in [0.717, 1.165) is 0 Å². The quantitative estimate of drug-likeness (QED) is 0.347. The average molecular weight is 357 g/mol. The predicted octanol–water partition coefficient (Wildman–Crippen LogP) is -2.31. The summed E-state index contributed by atoms with van der Waals surface area (Å²) in [4.78, 5) is 35.3. The maximum Gasteiger partial charge on any atom is 0.261 e. The van der Waals surface area contributed by atoms with Gasteiger partial charge in [0.25, 0.3) is 11.8 Å². The van der Waals surface area contributed by atoms with Crippen LogP contribution < -0.4 is 16.4 Å². The highest BCUT2D eigenvalue weighted by molar-refractivity contribution is 7.12. The molecule has 9 nitrogen and oxygen atoms in total. The molecular formula is C14H19N3O6S. The third-order valence-corrected chi connectivity index (χ3v) is 4.69. The molecule has 0 radical (unpaired) electrons. The van der Waals surface area contributed by atoms with Crippen molar-refractivity contribution in [1.82, 2.24) is 10.6 Å². The lowest BCUT2D eigenvalue weighted by molar-refractivity contribution is -0.158. The second kappa shape index (κ2) is 7.26. The van der Waals surface area contributed by atoms with E-state index in [1.54, 1.807) is 17.5 Å². The van der Waals surface area contributed by atoms with E-state index in [4.69, 9.17) is 5.73 Å². The van der Waals surface area contributed by atoms with E-state index in [9.17, 15) is 29.7 Å². The molecule has 1 aromatic rings. The summed E-state index contributed by atoms with van der Waals surface area (Å²) in [6.45, 7) is -0.466. The van der Waals surface area contributed by atoms with Crippen molar-refractivity contribution in [2.75, 3.05) is 6.54 Å². The molecule has 10 heteroatoms. The van der Waals surface area contributed by atoms with Gasteiger partial charge in [-0.2, -0.15) is 0 Å². The van der Waals surface area contributed by atoms with E-state index >= 15 is 0 Å². The first-order chi connectivity index (χ1) is 11.2. The number of aliphatic hydroxyl groups is 3. The Morgan fingerprint density at radius 1 is 1.33 bits per heavy atom. The monoisotopic (exact) mass is 357 g/mol. The molecule has 0 spiro atoms. The van der Waals surface area contributed by atoms with Gasteiger partial charge in [0.15, 0.2) is 0 Å². The number of nitrogens with two attached hydrogens (primary N) is 1. The fraction of sp³-hybridized carbons (Fsp3) is 0.500. The first-order valence-corrected chi connectivity index (χ1v) is 8.10. The van der Waals surface area contributed by atoms with Crippen molar-refractivity contribution in [2.45, 2.75) is 36.7 Å². The minimum atomic E-state index is -2.04. The van der Waals surface area contributed by atoms with Crippen molar-refractivity contribution in [1.29, 1.82) is 0 Å². The van der Waals surface area contributed by atoms with Crippen LogP contribution in [0.2, 0.25) is 0 Å². The Hall–Kier alpha value is -2.01. The van der Waals surface area contributed by atoms with Crippen LogP contribution in [0.1, 0.15) is 22.5 Å². The summed E-state index contributed by atoms with van der Waals surface area (Å²) in [5, 5.41) is 36.8. The Morgan fingerprint density at radius 2 is 2.04 bits per heavy atom. The number of thiophene rings is 1. The minimum Gasteiger partial charge on any atom is -0.390 e. The lowest BCUT2D eigenvalue weighted by atomic mass is 9.77. The third-order valence-electron chi connectivity index (χ3n) is 3.82. The summed E-state index contributed by atoms with van der Waals surface area (Å²) in [7, 11) is 0. The topological polar surface area (TPSA) is 162 Å². The number of amides is 3. The molecule has 0 saturated heterocycles. The smallest absolute Gasteiger partial charge is 0.261 e. The second-order valence-corrected chi connectivity index (χ2v) is 6.65. The highest BCUT2D eigenvalue weighted by Gasteiger charge is 2.49. The maximum absolute atomic E-state index is 12.1. The molecule has 24 heavy (non-hydrogen) atoms. The van der Waals surface area contributed by atoms with Gasteiger partial charge in [-0.05, 0) is 11.4 Å². The van der Waals surface area contributed by atoms with Crippen LogP contribution in [0.4, 0.5) is 0 Å². The molecule has 132 valence electrons. The first kappa shape index (κ1) is 18.3. The van der Waals surface area contributed by atoms with Gasteiger partial charge in [-0.25, -0.2) is 0 Å². The lowest BCUT2D eigenvalue weighted by Crippen LogP contribution is -2.63. The number of rotatable bonds is 5. The van der Waals surface area contributed by atoms with Gasteiger partial charge in [-0.15, -0.1) is 11.3 Å². The molecule has 4 atom stereocenters. The molecule has 1 aliphatic carbocycles. The highest BCUT2D eigenvalue weighted by Crippen LogP contribution is 2.30. The van der Waals surface area contributed by atoms with Crippen molar-refractivity contribution in [3.8, 4) is 0 Å². The van der Waals surface area contributed by atoms with Crippen LogP contribution in [0, 0.1) is 0 Å². The van der Waals surface area contributed by atoms with E-state index in [1.165, 1.54) is 11.3 Å². The van der Waals surface area contributed by atoms with Crippen LogP contribution in [-0.2, 0) is 9.59 Å². The highest BCUT2D eigenvalue weighted by atomic mass is 32.1. The Bertz CT molecular complexity index is 622. The van der Waals surface area contributed by atoms with Crippen molar-refractivity contribution in [2.24, 2.45) is 5.73 Å². The average Bonchev–Trinajstić information content (AvgIpc) is 3.04. The van der Waals surface area contributed by atoms with Crippen LogP contribution in [-0.4, -0.2) is 63.4 Å². The van der Waals surface area contributed by atoms with Crippen molar-refractivity contribution in [3.05, 3.63) is 22.4 Å². The van der Waals surface area contributed by atoms with Crippen LogP contribution in [0.5, 0.6) is 0 Å². The van der Waals surface area contributed by atoms with E-state index in [0.29, 0.717) is 4.88 Å². The molecule has 0 aliphatic heterocycles. The molecule has 1 aliphatic rings. The zero-order chi connectivity index (χ0) is 17.9. The van der Waals surface area contributed by atoms with Gasteiger partial charge >= 0.3 is 0 Å². The van der Waals surface area contributed by atoms with E-state index in [-0.39, 0.29) is 6.42 Å². The van der Waals surface area contributed by atoms with Gasteiger partial charge in [-0.3, -0.25) is 14.4 Å². The van der Waals surface area contributed by atoms with Gasteiger partial charge in [0, 0.05) is 12.8 Å². The Balaban J connectivity index is 2.09. The fourth-order valence-corrected chi connectivity index (χ4v) is 3.23. The second-order valence-electron chi connectivity index (χ2n) is 5.70. The van der Waals surface area contributed by atoms with Crippen molar-refractivity contribution >= 4 is 29.1 Å². The number of carbonyl (C=O) groups excluding carboxylic acids is 3. The van der Waals surface area contributed by atoms with E-state index < -0.39 is 54.5 Å². The molecule has 0 aromatic carbocycles. The number of aliphatic hydroxyl groups excluding tert-OH is 2. The molecule has 1 fully saturated rings. The summed E-state index contributed by atoms with van der Waals surface area (Å²) in [5.74, 6) is -2.17. The zero-order valence-electron chi connectivity index (χ0n) is 12.6. The summed E-state index contributed by atoms with van der Waals surface area (Å²) in [5.41, 5.74) is 2.89. The largest absolute Gasteiger partial charge is 0.390 e. The maximum atomic E-state index is 12.1.